The van der Waals surface area contributed by atoms with E-state index in [-0.39, 0.29) is 0 Å². The monoisotopic (exact) mass is 174 g/mol. The van der Waals surface area contributed by atoms with Gasteiger partial charge < -0.3 is 9.47 Å². The minimum Gasteiger partial charge on any atom is -0.379 e. The third-order valence-electron chi connectivity index (χ3n) is 1.75. The van der Waals surface area contributed by atoms with Gasteiger partial charge in [0.2, 0.25) is 0 Å². The van der Waals surface area contributed by atoms with E-state index in [0.29, 0.717) is 12.2 Å². The first-order chi connectivity index (χ1) is 5.70. The SMILES string of the molecule is CCO[C@@H](CC)CCOC(C)C. The summed E-state index contributed by atoms with van der Waals surface area (Å²) in [6.07, 6.45) is 2.82. The highest BCUT2D eigenvalue weighted by Gasteiger charge is 2.05. The molecule has 0 aromatic rings. The van der Waals surface area contributed by atoms with Gasteiger partial charge in [-0.05, 0) is 33.6 Å². The zero-order valence-corrected chi connectivity index (χ0v) is 8.80. The molecule has 0 aromatic carbocycles. The molecule has 2 nitrogen and oxygen atoms in total. The summed E-state index contributed by atoms with van der Waals surface area (Å²) in [6, 6.07) is 0. The lowest BCUT2D eigenvalue weighted by Gasteiger charge is -2.15. The zero-order valence-electron chi connectivity index (χ0n) is 8.80. The average molecular weight is 174 g/mol. The van der Waals surface area contributed by atoms with Gasteiger partial charge in [0.05, 0.1) is 12.2 Å². The Bertz CT molecular complexity index is 91.8. The molecule has 12 heavy (non-hydrogen) atoms. The second kappa shape index (κ2) is 7.56. The number of hydrogen-bond donors (Lipinski definition) is 0. The van der Waals surface area contributed by atoms with Crippen LogP contribution in [0.5, 0.6) is 0 Å². The average Bonchev–Trinajstić information content (AvgIpc) is 2.02. The normalized spacial score (nSPS) is 13.8. The molecule has 0 heterocycles. The Morgan fingerprint density at radius 1 is 1.08 bits per heavy atom. The molecule has 0 unspecified atom stereocenters. The first-order valence-corrected chi connectivity index (χ1v) is 4.93. The molecule has 0 aliphatic heterocycles. The van der Waals surface area contributed by atoms with E-state index in [2.05, 4.69) is 20.8 Å². The van der Waals surface area contributed by atoms with Crippen molar-refractivity contribution in [3.05, 3.63) is 0 Å². The predicted molar refractivity (Wildman–Crippen MR) is 51.4 cm³/mol. The van der Waals surface area contributed by atoms with Gasteiger partial charge in [-0.15, -0.1) is 0 Å². The van der Waals surface area contributed by atoms with Crippen molar-refractivity contribution in [3.8, 4) is 0 Å². The van der Waals surface area contributed by atoms with Gasteiger partial charge in [0.15, 0.2) is 0 Å². The van der Waals surface area contributed by atoms with Gasteiger partial charge in [-0.1, -0.05) is 6.92 Å². The Morgan fingerprint density at radius 3 is 2.17 bits per heavy atom. The summed E-state index contributed by atoms with van der Waals surface area (Å²) >= 11 is 0. The van der Waals surface area contributed by atoms with E-state index >= 15 is 0 Å². The molecule has 0 aromatic heterocycles. The molecule has 2 heteroatoms. The van der Waals surface area contributed by atoms with Crippen molar-refractivity contribution in [2.24, 2.45) is 0 Å². The van der Waals surface area contributed by atoms with Crippen LogP contribution >= 0.6 is 0 Å². The molecule has 1 atom stereocenters. The molecule has 74 valence electrons. The van der Waals surface area contributed by atoms with Gasteiger partial charge in [-0.3, -0.25) is 0 Å². The van der Waals surface area contributed by atoms with Gasteiger partial charge in [0.1, 0.15) is 0 Å². The number of ether oxygens (including phenoxy) is 2. The van der Waals surface area contributed by atoms with Gasteiger partial charge >= 0.3 is 0 Å². The lowest BCUT2D eigenvalue weighted by molar-refractivity contribution is 0.0109. The fourth-order valence-electron chi connectivity index (χ4n) is 1.08. The molecule has 0 bridgehead atoms. The molecule has 0 fully saturated rings. The highest BCUT2D eigenvalue weighted by molar-refractivity contribution is 4.54. The summed E-state index contributed by atoms with van der Waals surface area (Å²) in [5, 5.41) is 0. The van der Waals surface area contributed by atoms with Crippen molar-refractivity contribution in [3.63, 3.8) is 0 Å². The topological polar surface area (TPSA) is 18.5 Å². The Kier molecular flexibility index (Phi) is 7.51. The van der Waals surface area contributed by atoms with Crippen LogP contribution in [0.1, 0.15) is 40.5 Å². The third-order valence-corrected chi connectivity index (χ3v) is 1.75. The van der Waals surface area contributed by atoms with Crippen LogP contribution in [-0.2, 0) is 9.47 Å². The molecular weight excluding hydrogens is 152 g/mol. The largest absolute Gasteiger partial charge is 0.379 e. The maximum Gasteiger partial charge on any atom is 0.0594 e. The van der Waals surface area contributed by atoms with Crippen molar-refractivity contribution in [1.29, 1.82) is 0 Å². The van der Waals surface area contributed by atoms with Gasteiger partial charge in [0, 0.05) is 13.2 Å². The second-order valence-electron chi connectivity index (χ2n) is 3.19. The van der Waals surface area contributed by atoms with Gasteiger partial charge in [-0.25, -0.2) is 0 Å². The molecule has 0 radical (unpaired) electrons. The molecule has 0 amide bonds. The molecule has 0 rings (SSSR count). The fourth-order valence-corrected chi connectivity index (χ4v) is 1.08. The fraction of sp³-hybridized carbons (Fsp3) is 1.00. The lowest BCUT2D eigenvalue weighted by atomic mass is 10.2. The van der Waals surface area contributed by atoms with E-state index in [1.54, 1.807) is 0 Å². The molecule has 0 aliphatic rings. The molecule has 0 saturated carbocycles. The summed E-state index contributed by atoms with van der Waals surface area (Å²) in [7, 11) is 0. The highest BCUT2D eigenvalue weighted by atomic mass is 16.5. The molecular formula is C10H22O2. The first kappa shape index (κ1) is 11.9. The van der Waals surface area contributed by atoms with E-state index in [4.69, 9.17) is 9.47 Å². The van der Waals surface area contributed by atoms with E-state index in [9.17, 15) is 0 Å². The summed E-state index contributed by atoms with van der Waals surface area (Å²) < 4.78 is 10.9. The van der Waals surface area contributed by atoms with Crippen molar-refractivity contribution < 1.29 is 9.47 Å². The van der Waals surface area contributed by atoms with Crippen molar-refractivity contribution in [2.45, 2.75) is 52.7 Å². The van der Waals surface area contributed by atoms with Crippen LogP contribution in [0.2, 0.25) is 0 Å². The van der Waals surface area contributed by atoms with Gasteiger partial charge in [0.25, 0.3) is 0 Å². The van der Waals surface area contributed by atoms with E-state index in [1.807, 2.05) is 6.92 Å². The molecule has 0 saturated heterocycles. The van der Waals surface area contributed by atoms with Gasteiger partial charge in [-0.2, -0.15) is 0 Å². The molecule has 0 spiro atoms. The van der Waals surface area contributed by atoms with E-state index < -0.39 is 0 Å². The Morgan fingerprint density at radius 2 is 1.75 bits per heavy atom. The predicted octanol–water partition coefficient (Wildman–Crippen LogP) is 2.62. The minimum absolute atomic E-state index is 0.337. The van der Waals surface area contributed by atoms with E-state index in [0.717, 1.165) is 26.1 Å². The van der Waals surface area contributed by atoms with Crippen LogP contribution in [0, 0.1) is 0 Å². The number of hydrogen-bond acceptors (Lipinski definition) is 2. The van der Waals surface area contributed by atoms with Crippen LogP contribution in [0.15, 0.2) is 0 Å². The second-order valence-corrected chi connectivity index (χ2v) is 3.19. The van der Waals surface area contributed by atoms with Crippen LogP contribution < -0.4 is 0 Å². The minimum atomic E-state index is 0.337. The first-order valence-electron chi connectivity index (χ1n) is 4.93. The summed E-state index contributed by atoms with van der Waals surface area (Å²) in [5.41, 5.74) is 0. The quantitative estimate of drug-likeness (QED) is 0.590. The standard InChI is InChI=1S/C10H22O2/c1-5-10(11-6-2)7-8-12-9(3)4/h9-10H,5-8H2,1-4H3/t10-/m0/s1. The Labute approximate surface area is 76.3 Å². The van der Waals surface area contributed by atoms with Crippen molar-refractivity contribution in [1.82, 2.24) is 0 Å². The van der Waals surface area contributed by atoms with Crippen LogP contribution in [-0.4, -0.2) is 25.4 Å². The summed E-state index contributed by atoms with van der Waals surface area (Å²) in [6.45, 7) is 9.92. The Hall–Kier alpha value is -0.0800. The maximum atomic E-state index is 5.49. The summed E-state index contributed by atoms with van der Waals surface area (Å²) in [5.74, 6) is 0. The van der Waals surface area contributed by atoms with E-state index in [1.165, 1.54) is 0 Å². The number of rotatable bonds is 7. The maximum absolute atomic E-state index is 5.49. The Balaban J connectivity index is 3.31. The highest BCUT2D eigenvalue weighted by Crippen LogP contribution is 2.04. The van der Waals surface area contributed by atoms with Crippen LogP contribution in [0.25, 0.3) is 0 Å². The van der Waals surface area contributed by atoms with Crippen molar-refractivity contribution >= 4 is 0 Å². The molecule has 0 aliphatic carbocycles. The lowest BCUT2D eigenvalue weighted by Crippen LogP contribution is -2.16. The van der Waals surface area contributed by atoms with Crippen molar-refractivity contribution in [2.75, 3.05) is 13.2 Å². The zero-order chi connectivity index (χ0) is 9.40. The third kappa shape index (κ3) is 6.62. The van der Waals surface area contributed by atoms with Crippen LogP contribution in [0.4, 0.5) is 0 Å². The van der Waals surface area contributed by atoms with Crippen LogP contribution in [0.3, 0.4) is 0 Å². The summed E-state index contributed by atoms with van der Waals surface area (Å²) in [4.78, 5) is 0. The molecule has 0 N–H and O–H groups in total. The smallest absolute Gasteiger partial charge is 0.0594 e.